The number of hydrogen-bond acceptors (Lipinski definition) is 5. The maximum atomic E-state index is 12.9. The molecule has 0 unspecified atom stereocenters. The zero-order valence-corrected chi connectivity index (χ0v) is 13.9. The summed E-state index contributed by atoms with van der Waals surface area (Å²) in [6.45, 7) is 1.16. The monoisotopic (exact) mass is 327 g/mol. The molecule has 2 aromatic heterocycles. The molecular formula is C17H21N5O2. The van der Waals surface area contributed by atoms with Crippen LogP contribution in [0.3, 0.4) is 0 Å². The van der Waals surface area contributed by atoms with E-state index in [0.29, 0.717) is 24.6 Å². The number of hydrogen-bond donors (Lipinski definition) is 0. The normalized spacial score (nSPS) is 23.7. The molecule has 2 fully saturated rings. The highest BCUT2D eigenvalue weighted by Crippen LogP contribution is 2.39. The van der Waals surface area contributed by atoms with Gasteiger partial charge in [0.15, 0.2) is 0 Å². The highest BCUT2D eigenvalue weighted by Gasteiger charge is 2.38. The first kappa shape index (κ1) is 15.3. The van der Waals surface area contributed by atoms with Crippen LogP contribution in [-0.2, 0) is 11.8 Å². The maximum Gasteiger partial charge on any atom is 0.254 e. The van der Waals surface area contributed by atoms with Crippen molar-refractivity contribution < 1.29 is 9.53 Å². The van der Waals surface area contributed by atoms with E-state index in [0.717, 1.165) is 11.4 Å². The van der Waals surface area contributed by atoms with Gasteiger partial charge in [-0.3, -0.25) is 14.5 Å². The lowest BCUT2D eigenvalue weighted by molar-refractivity contribution is 0.0714. The average molecular weight is 327 g/mol. The molecule has 7 heteroatoms. The standard InChI is InChI=1S/C17H21N5O2/c1-21-9-15(19-20-21)13-8-22(10-16(13)24-2)17(23)12-5-6-18-14(7-12)11-3-4-11/h5-7,9,11,13,16H,3-4,8,10H2,1-2H3/t13-,16+/m0/s1. The predicted octanol–water partition coefficient (Wildman–Crippen LogP) is 1.34. The lowest BCUT2D eigenvalue weighted by atomic mass is 10.0. The summed E-state index contributed by atoms with van der Waals surface area (Å²) >= 11 is 0. The van der Waals surface area contributed by atoms with E-state index in [2.05, 4.69) is 15.3 Å². The Morgan fingerprint density at radius 1 is 1.29 bits per heavy atom. The third-order valence-electron chi connectivity index (χ3n) is 4.88. The fourth-order valence-electron chi connectivity index (χ4n) is 3.36. The number of ether oxygens (including phenoxy) is 1. The molecule has 24 heavy (non-hydrogen) atoms. The highest BCUT2D eigenvalue weighted by molar-refractivity contribution is 5.94. The van der Waals surface area contributed by atoms with Crippen LogP contribution in [-0.4, -0.2) is 57.1 Å². The lowest BCUT2D eigenvalue weighted by Gasteiger charge is -2.16. The molecule has 1 saturated heterocycles. The quantitative estimate of drug-likeness (QED) is 0.847. The molecule has 0 radical (unpaired) electrons. The van der Waals surface area contributed by atoms with Gasteiger partial charge in [0.2, 0.25) is 0 Å². The van der Waals surface area contributed by atoms with Gasteiger partial charge in [-0.05, 0) is 25.0 Å². The number of rotatable bonds is 4. The van der Waals surface area contributed by atoms with Crippen molar-refractivity contribution in [2.45, 2.75) is 30.8 Å². The smallest absolute Gasteiger partial charge is 0.254 e. The van der Waals surface area contributed by atoms with Gasteiger partial charge in [0, 0.05) is 56.8 Å². The van der Waals surface area contributed by atoms with E-state index in [1.165, 1.54) is 12.8 Å². The van der Waals surface area contributed by atoms with E-state index in [4.69, 9.17) is 4.74 Å². The van der Waals surface area contributed by atoms with Gasteiger partial charge in [-0.1, -0.05) is 5.21 Å². The van der Waals surface area contributed by atoms with Crippen molar-refractivity contribution in [1.29, 1.82) is 0 Å². The first-order chi connectivity index (χ1) is 11.7. The van der Waals surface area contributed by atoms with E-state index in [1.54, 1.807) is 24.1 Å². The van der Waals surface area contributed by atoms with Crippen LogP contribution in [0, 0.1) is 0 Å². The minimum absolute atomic E-state index is 0.0349. The summed E-state index contributed by atoms with van der Waals surface area (Å²) in [6.07, 6.45) is 5.92. The van der Waals surface area contributed by atoms with Crippen molar-refractivity contribution in [2.24, 2.45) is 7.05 Å². The minimum atomic E-state index is -0.0598. The van der Waals surface area contributed by atoms with Crippen LogP contribution in [0.2, 0.25) is 0 Å². The second-order valence-corrected chi connectivity index (χ2v) is 6.65. The van der Waals surface area contributed by atoms with E-state index in [9.17, 15) is 4.79 Å². The van der Waals surface area contributed by atoms with Gasteiger partial charge in [-0.15, -0.1) is 5.10 Å². The summed E-state index contributed by atoms with van der Waals surface area (Å²) in [5.74, 6) is 0.625. The Balaban J connectivity index is 1.54. The first-order valence-corrected chi connectivity index (χ1v) is 8.30. The number of likely N-dealkylation sites (tertiary alicyclic amines) is 1. The molecule has 1 saturated carbocycles. The average Bonchev–Trinajstić information content (AvgIpc) is 3.23. The van der Waals surface area contributed by atoms with Gasteiger partial charge in [-0.2, -0.15) is 0 Å². The summed E-state index contributed by atoms with van der Waals surface area (Å²) in [7, 11) is 3.52. The van der Waals surface area contributed by atoms with Gasteiger partial charge in [0.25, 0.3) is 5.91 Å². The van der Waals surface area contributed by atoms with Gasteiger partial charge in [0.05, 0.1) is 17.7 Å². The molecule has 1 aliphatic heterocycles. The summed E-state index contributed by atoms with van der Waals surface area (Å²) < 4.78 is 7.27. The molecule has 3 heterocycles. The number of aryl methyl sites for hydroxylation is 1. The van der Waals surface area contributed by atoms with Crippen LogP contribution >= 0.6 is 0 Å². The Hall–Kier alpha value is -2.28. The van der Waals surface area contributed by atoms with Gasteiger partial charge in [0.1, 0.15) is 0 Å². The fraction of sp³-hybridized carbons (Fsp3) is 0.529. The predicted molar refractivity (Wildman–Crippen MR) is 86.7 cm³/mol. The zero-order chi connectivity index (χ0) is 16.7. The molecule has 2 atom stereocenters. The number of carbonyl (C=O) groups excluding carboxylic acids is 1. The Kier molecular flexibility index (Phi) is 3.80. The second kappa shape index (κ2) is 5.98. The van der Waals surface area contributed by atoms with Crippen LogP contribution in [0.15, 0.2) is 24.5 Å². The molecular weight excluding hydrogens is 306 g/mol. The molecule has 126 valence electrons. The number of pyridine rings is 1. The van der Waals surface area contributed by atoms with E-state index >= 15 is 0 Å². The molecule has 2 aromatic rings. The third kappa shape index (κ3) is 2.80. The van der Waals surface area contributed by atoms with Gasteiger partial charge < -0.3 is 9.64 Å². The molecule has 0 spiro atoms. The minimum Gasteiger partial charge on any atom is -0.379 e. The molecule has 7 nitrogen and oxygen atoms in total. The first-order valence-electron chi connectivity index (χ1n) is 8.30. The van der Waals surface area contributed by atoms with Crippen molar-refractivity contribution in [3.05, 3.63) is 41.5 Å². The van der Waals surface area contributed by atoms with Crippen molar-refractivity contribution >= 4 is 5.91 Å². The van der Waals surface area contributed by atoms with Crippen molar-refractivity contribution in [1.82, 2.24) is 24.9 Å². The summed E-state index contributed by atoms with van der Waals surface area (Å²) in [4.78, 5) is 19.1. The van der Waals surface area contributed by atoms with Crippen LogP contribution < -0.4 is 0 Å². The Bertz CT molecular complexity index is 755. The molecule has 0 N–H and O–H groups in total. The van der Waals surface area contributed by atoms with E-state index in [-0.39, 0.29) is 17.9 Å². The molecule has 2 aliphatic rings. The molecule has 4 rings (SSSR count). The van der Waals surface area contributed by atoms with Crippen molar-refractivity contribution in [3.8, 4) is 0 Å². The van der Waals surface area contributed by atoms with Crippen molar-refractivity contribution in [3.63, 3.8) is 0 Å². The molecule has 1 amide bonds. The van der Waals surface area contributed by atoms with E-state index in [1.807, 2.05) is 24.2 Å². The Labute approximate surface area is 140 Å². The highest BCUT2D eigenvalue weighted by atomic mass is 16.5. The van der Waals surface area contributed by atoms with E-state index < -0.39 is 0 Å². The Morgan fingerprint density at radius 3 is 2.79 bits per heavy atom. The molecule has 0 aromatic carbocycles. The van der Waals surface area contributed by atoms with Crippen LogP contribution in [0.5, 0.6) is 0 Å². The largest absolute Gasteiger partial charge is 0.379 e. The van der Waals surface area contributed by atoms with Crippen LogP contribution in [0.4, 0.5) is 0 Å². The maximum absolute atomic E-state index is 12.9. The van der Waals surface area contributed by atoms with Crippen molar-refractivity contribution in [2.75, 3.05) is 20.2 Å². The summed E-state index contributed by atoms with van der Waals surface area (Å²) in [5, 5.41) is 8.19. The number of carbonyl (C=O) groups is 1. The SMILES string of the molecule is CO[C@@H]1CN(C(=O)c2ccnc(C3CC3)c2)C[C@H]1c1cn(C)nn1. The Morgan fingerprint density at radius 2 is 2.12 bits per heavy atom. The summed E-state index contributed by atoms with van der Waals surface area (Å²) in [6, 6.07) is 3.74. The van der Waals surface area contributed by atoms with Crippen LogP contribution in [0.25, 0.3) is 0 Å². The molecule has 1 aliphatic carbocycles. The second-order valence-electron chi connectivity index (χ2n) is 6.65. The lowest BCUT2D eigenvalue weighted by Crippen LogP contribution is -2.30. The van der Waals surface area contributed by atoms with Gasteiger partial charge in [-0.25, -0.2) is 0 Å². The number of amides is 1. The van der Waals surface area contributed by atoms with Gasteiger partial charge >= 0.3 is 0 Å². The fourth-order valence-corrected chi connectivity index (χ4v) is 3.36. The number of methoxy groups -OCH3 is 1. The zero-order valence-electron chi connectivity index (χ0n) is 13.9. The number of aromatic nitrogens is 4. The summed E-state index contributed by atoms with van der Waals surface area (Å²) in [5.41, 5.74) is 2.61. The number of nitrogens with zero attached hydrogens (tertiary/aromatic N) is 5. The molecule has 0 bridgehead atoms. The third-order valence-corrected chi connectivity index (χ3v) is 4.88. The van der Waals surface area contributed by atoms with Crippen LogP contribution in [0.1, 0.15) is 46.4 Å². The topological polar surface area (TPSA) is 73.1 Å².